The summed E-state index contributed by atoms with van der Waals surface area (Å²) in [5.74, 6) is 0.343. The van der Waals surface area contributed by atoms with Gasteiger partial charge in [-0.1, -0.05) is 44.2 Å². The molecule has 0 aliphatic heterocycles. The van der Waals surface area contributed by atoms with E-state index in [-0.39, 0.29) is 0 Å². The van der Waals surface area contributed by atoms with Gasteiger partial charge in [-0.05, 0) is 47.2 Å². The van der Waals surface area contributed by atoms with Crippen LogP contribution in [0, 0.1) is 0 Å². The Bertz CT molecular complexity index is 497. The minimum atomic E-state index is 0.343. The molecule has 17 heavy (non-hydrogen) atoms. The summed E-state index contributed by atoms with van der Waals surface area (Å²) in [7, 11) is 0. The normalized spacial score (nSPS) is 10.5. The molecule has 0 spiro atoms. The highest BCUT2D eigenvalue weighted by Crippen LogP contribution is 2.27. The molecule has 2 aromatic rings. The van der Waals surface area contributed by atoms with E-state index in [2.05, 4.69) is 38.1 Å². The van der Waals surface area contributed by atoms with Gasteiger partial charge in [0, 0.05) is 0 Å². The van der Waals surface area contributed by atoms with Crippen LogP contribution in [0.15, 0.2) is 42.5 Å². The van der Waals surface area contributed by atoms with E-state index in [1.165, 1.54) is 22.3 Å². The number of rotatable bonds is 3. The van der Waals surface area contributed by atoms with Gasteiger partial charge in [-0.25, -0.2) is 0 Å². The first-order valence-electron chi connectivity index (χ1n) is 6.15. The molecule has 0 bridgehead atoms. The smallest absolute Gasteiger partial charge is 0.115 e. The van der Waals surface area contributed by atoms with E-state index < -0.39 is 0 Å². The Labute approximate surface area is 103 Å². The fourth-order valence-corrected chi connectivity index (χ4v) is 2.07. The second-order valence-electron chi connectivity index (χ2n) is 4.25. The van der Waals surface area contributed by atoms with Gasteiger partial charge < -0.3 is 5.11 Å². The van der Waals surface area contributed by atoms with Crippen molar-refractivity contribution in [3.8, 4) is 16.9 Å². The van der Waals surface area contributed by atoms with E-state index in [9.17, 15) is 5.11 Å². The van der Waals surface area contributed by atoms with Crippen molar-refractivity contribution in [3.63, 3.8) is 0 Å². The first kappa shape index (κ1) is 11.7. The fraction of sp³-hybridized carbons (Fsp3) is 0.250. The van der Waals surface area contributed by atoms with Gasteiger partial charge >= 0.3 is 0 Å². The van der Waals surface area contributed by atoms with Crippen LogP contribution >= 0.6 is 0 Å². The highest BCUT2D eigenvalue weighted by molar-refractivity contribution is 5.68. The topological polar surface area (TPSA) is 20.2 Å². The van der Waals surface area contributed by atoms with Crippen LogP contribution in [0.4, 0.5) is 0 Å². The average Bonchev–Trinajstić information content (AvgIpc) is 2.39. The summed E-state index contributed by atoms with van der Waals surface area (Å²) in [6, 6.07) is 14.2. The Morgan fingerprint density at radius 1 is 0.882 bits per heavy atom. The van der Waals surface area contributed by atoms with Gasteiger partial charge in [0.25, 0.3) is 0 Å². The minimum Gasteiger partial charge on any atom is -0.508 e. The third-order valence-corrected chi connectivity index (χ3v) is 3.14. The summed E-state index contributed by atoms with van der Waals surface area (Å²) in [5.41, 5.74) is 4.98. The van der Waals surface area contributed by atoms with Crippen molar-refractivity contribution in [1.82, 2.24) is 0 Å². The maximum atomic E-state index is 9.50. The standard InChI is InChI=1S/C16H18O/c1-3-12-5-7-14(8-6-12)16-10-9-15(17)11-13(16)4-2/h5-11,17H,3-4H2,1-2H3. The van der Waals surface area contributed by atoms with Crippen molar-refractivity contribution in [3.05, 3.63) is 53.6 Å². The van der Waals surface area contributed by atoms with E-state index in [0.717, 1.165) is 12.8 Å². The molecule has 0 aromatic heterocycles. The van der Waals surface area contributed by atoms with E-state index in [1.807, 2.05) is 12.1 Å². The number of benzene rings is 2. The summed E-state index contributed by atoms with van der Waals surface area (Å²) < 4.78 is 0. The Balaban J connectivity index is 2.44. The lowest BCUT2D eigenvalue weighted by molar-refractivity contribution is 0.474. The van der Waals surface area contributed by atoms with Gasteiger partial charge in [0.05, 0.1) is 0 Å². The summed E-state index contributed by atoms with van der Waals surface area (Å²) in [6.07, 6.45) is 2.00. The monoisotopic (exact) mass is 226 g/mol. The van der Waals surface area contributed by atoms with E-state index in [0.29, 0.717) is 5.75 Å². The molecule has 0 saturated heterocycles. The lowest BCUT2D eigenvalue weighted by Crippen LogP contribution is -1.88. The van der Waals surface area contributed by atoms with Crippen LogP contribution < -0.4 is 0 Å². The van der Waals surface area contributed by atoms with E-state index >= 15 is 0 Å². The van der Waals surface area contributed by atoms with Crippen LogP contribution in [0.1, 0.15) is 25.0 Å². The molecule has 88 valence electrons. The van der Waals surface area contributed by atoms with Crippen LogP contribution in [-0.4, -0.2) is 5.11 Å². The molecule has 0 amide bonds. The molecule has 1 N–H and O–H groups in total. The van der Waals surface area contributed by atoms with Crippen LogP contribution in [0.5, 0.6) is 5.75 Å². The van der Waals surface area contributed by atoms with Gasteiger partial charge in [0.1, 0.15) is 5.75 Å². The van der Waals surface area contributed by atoms with Crippen molar-refractivity contribution < 1.29 is 5.11 Å². The number of aromatic hydroxyl groups is 1. The fourth-order valence-electron chi connectivity index (χ4n) is 2.07. The quantitative estimate of drug-likeness (QED) is 0.832. The zero-order valence-electron chi connectivity index (χ0n) is 10.4. The molecule has 0 heterocycles. The first-order chi connectivity index (χ1) is 8.24. The molecule has 1 nitrogen and oxygen atoms in total. The predicted octanol–water partition coefficient (Wildman–Crippen LogP) is 4.18. The van der Waals surface area contributed by atoms with E-state index in [4.69, 9.17) is 0 Å². The molecule has 2 aromatic carbocycles. The summed E-state index contributed by atoms with van der Waals surface area (Å²) in [6.45, 7) is 4.27. The molecule has 0 fully saturated rings. The second kappa shape index (κ2) is 5.05. The van der Waals surface area contributed by atoms with Gasteiger partial charge in [0.15, 0.2) is 0 Å². The Morgan fingerprint density at radius 3 is 2.18 bits per heavy atom. The molecule has 2 rings (SSSR count). The highest BCUT2D eigenvalue weighted by atomic mass is 16.3. The minimum absolute atomic E-state index is 0.343. The molecule has 0 saturated carbocycles. The molecular weight excluding hydrogens is 208 g/mol. The maximum absolute atomic E-state index is 9.50. The lowest BCUT2D eigenvalue weighted by atomic mass is 9.97. The largest absolute Gasteiger partial charge is 0.508 e. The van der Waals surface area contributed by atoms with Crippen LogP contribution in [0.2, 0.25) is 0 Å². The van der Waals surface area contributed by atoms with Crippen molar-refractivity contribution in [2.24, 2.45) is 0 Å². The molecule has 0 aliphatic rings. The molecule has 0 atom stereocenters. The predicted molar refractivity (Wildman–Crippen MR) is 72.3 cm³/mol. The van der Waals surface area contributed by atoms with E-state index in [1.54, 1.807) is 6.07 Å². The third kappa shape index (κ3) is 2.50. The second-order valence-corrected chi connectivity index (χ2v) is 4.25. The van der Waals surface area contributed by atoms with Crippen molar-refractivity contribution in [2.45, 2.75) is 26.7 Å². The Kier molecular flexibility index (Phi) is 3.48. The molecule has 0 radical (unpaired) electrons. The average molecular weight is 226 g/mol. The number of phenols is 1. The molecular formula is C16H18O. The number of phenolic OH excluding ortho intramolecular Hbond substituents is 1. The van der Waals surface area contributed by atoms with Crippen molar-refractivity contribution >= 4 is 0 Å². The number of hydrogen-bond donors (Lipinski definition) is 1. The van der Waals surface area contributed by atoms with Crippen LogP contribution in [0.25, 0.3) is 11.1 Å². The van der Waals surface area contributed by atoms with Gasteiger partial charge in [-0.3, -0.25) is 0 Å². The number of aryl methyl sites for hydroxylation is 2. The SMILES string of the molecule is CCc1ccc(-c2ccc(O)cc2CC)cc1. The van der Waals surface area contributed by atoms with Gasteiger partial charge in [-0.2, -0.15) is 0 Å². The Morgan fingerprint density at radius 2 is 1.59 bits per heavy atom. The molecule has 0 unspecified atom stereocenters. The number of hydrogen-bond acceptors (Lipinski definition) is 1. The van der Waals surface area contributed by atoms with Crippen LogP contribution in [0.3, 0.4) is 0 Å². The highest BCUT2D eigenvalue weighted by Gasteiger charge is 2.04. The zero-order valence-corrected chi connectivity index (χ0v) is 10.4. The lowest BCUT2D eigenvalue weighted by Gasteiger charge is -2.09. The third-order valence-electron chi connectivity index (χ3n) is 3.14. The van der Waals surface area contributed by atoms with Crippen LogP contribution in [-0.2, 0) is 12.8 Å². The summed E-state index contributed by atoms with van der Waals surface area (Å²) in [5, 5.41) is 9.50. The molecule has 1 heteroatoms. The summed E-state index contributed by atoms with van der Waals surface area (Å²) in [4.78, 5) is 0. The van der Waals surface area contributed by atoms with Crippen molar-refractivity contribution in [2.75, 3.05) is 0 Å². The Hall–Kier alpha value is -1.76. The maximum Gasteiger partial charge on any atom is 0.115 e. The van der Waals surface area contributed by atoms with Gasteiger partial charge in [0.2, 0.25) is 0 Å². The summed E-state index contributed by atoms with van der Waals surface area (Å²) >= 11 is 0. The molecule has 0 aliphatic carbocycles. The zero-order chi connectivity index (χ0) is 12.3. The first-order valence-corrected chi connectivity index (χ1v) is 6.15. The van der Waals surface area contributed by atoms with Crippen molar-refractivity contribution in [1.29, 1.82) is 0 Å². The van der Waals surface area contributed by atoms with Gasteiger partial charge in [-0.15, -0.1) is 0 Å².